The molecule has 0 saturated heterocycles. The lowest BCUT2D eigenvalue weighted by Gasteiger charge is -2.50. The number of hydrogen-bond acceptors (Lipinski definition) is 8. The molecule has 3 rings (SSSR count). The fourth-order valence-electron chi connectivity index (χ4n) is 4.76. The summed E-state index contributed by atoms with van der Waals surface area (Å²) in [4.78, 5) is 51.7. The van der Waals surface area contributed by atoms with Gasteiger partial charge in [0.05, 0.1) is 46.2 Å². The Labute approximate surface area is 185 Å². The number of fused-ring (bicyclic) bond motifs is 1. The zero-order valence-electron chi connectivity index (χ0n) is 18.2. The molecule has 8 heteroatoms. The highest BCUT2D eigenvalue weighted by molar-refractivity contribution is 5.94. The Bertz CT molecular complexity index is 1030. The van der Waals surface area contributed by atoms with E-state index < -0.39 is 47.0 Å². The van der Waals surface area contributed by atoms with Crippen LogP contribution in [0.1, 0.15) is 23.0 Å². The first-order valence-corrected chi connectivity index (χ1v) is 9.85. The third-order valence-electron chi connectivity index (χ3n) is 6.05. The summed E-state index contributed by atoms with van der Waals surface area (Å²) in [7, 11) is 4.88. The van der Waals surface area contributed by atoms with Crippen LogP contribution in [-0.4, -0.2) is 52.3 Å². The van der Waals surface area contributed by atoms with Crippen LogP contribution in [0.4, 0.5) is 0 Å². The first kappa shape index (κ1) is 23.0. The molecule has 0 N–H and O–H groups in total. The fraction of sp³-hybridized carbons (Fsp3) is 0.333. The van der Waals surface area contributed by atoms with Crippen LogP contribution < -0.4 is 0 Å². The van der Waals surface area contributed by atoms with E-state index in [4.69, 9.17) is 18.9 Å². The van der Waals surface area contributed by atoms with Gasteiger partial charge in [0.25, 0.3) is 0 Å². The molecule has 8 nitrogen and oxygen atoms in total. The van der Waals surface area contributed by atoms with Gasteiger partial charge < -0.3 is 18.9 Å². The topological polar surface area (TPSA) is 105 Å². The number of carbonyl (C=O) groups is 4. The minimum absolute atomic E-state index is 0.307. The summed E-state index contributed by atoms with van der Waals surface area (Å²) in [6, 6.07) is 6.80. The lowest BCUT2D eigenvalue weighted by Crippen LogP contribution is -2.52. The first-order chi connectivity index (χ1) is 15.4. The molecule has 4 atom stereocenters. The monoisotopic (exact) mass is 440 g/mol. The van der Waals surface area contributed by atoms with Gasteiger partial charge in [0, 0.05) is 11.5 Å². The van der Waals surface area contributed by atoms with Crippen LogP contribution in [0.25, 0.3) is 0 Å². The Balaban J connectivity index is 2.48. The number of rotatable bonds is 4. The maximum atomic E-state index is 13.3. The van der Waals surface area contributed by atoms with Crippen LogP contribution in [-0.2, 0) is 38.1 Å². The van der Waals surface area contributed by atoms with Crippen molar-refractivity contribution in [2.24, 2.45) is 11.3 Å². The van der Waals surface area contributed by atoms with E-state index in [1.165, 1.54) is 34.5 Å². The number of methoxy groups -OCH3 is 4. The van der Waals surface area contributed by atoms with Crippen molar-refractivity contribution in [3.8, 4) is 0 Å². The number of esters is 4. The number of benzene rings is 1. The Morgan fingerprint density at radius 1 is 0.812 bits per heavy atom. The Kier molecular flexibility index (Phi) is 6.62. The van der Waals surface area contributed by atoms with E-state index in [2.05, 4.69) is 0 Å². The third-order valence-corrected chi connectivity index (χ3v) is 6.05. The van der Waals surface area contributed by atoms with Gasteiger partial charge in [0.15, 0.2) is 0 Å². The molecule has 0 aromatic heterocycles. The molecule has 168 valence electrons. The SMILES string of the molecule is COC(=O)/C=C1\C=CC=C[C@]12[C@H](C(=O)OC)c1ccccc1[C@H](C(=O)OC)[C@@H]2C(=O)OC. The Hall–Kier alpha value is -3.68. The van der Waals surface area contributed by atoms with Gasteiger partial charge in [-0.1, -0.05) is 48.6 Å². The predicted octanol–water partition coefficient (Wildman–Crippen LogP) is 2.21. The van der Waals surface area contributed by atoms with E-state index in [1.54, 1.807) is 48.6 Å². The molecule has 0 bridgehead atoms. The zero-order chi connectivity index (χ0) is 23.5. The van der Waals surface area contributed by atoms with Gasteiger partial charge in [0.1, 0.15) is 0 Å². The second-order valence-electron chi connectivity index (χ2n) is 7.36. The molecule has 0 radical (unpaired) electrons. The van der Waals surface area contributed by atoms with Crippen molar-refractivity contribution >= 4 is 23.9 Å². The van der Waals surface area contributed by atoms with E-state index in [0.717, 1.165) is 0 Å². The Morgan fingerprint density at radius 3 is 2.03 bits per heavy atom. The summed E-state index contributed by atoms with van der Waals surface area (Å²) in [5, 5.41) is 0. The second-order valence-corrected chi connectivity index (χ2v) is 7.36. The number of ether oxygens (including phenoxy) is 4. The molecule has 0 unspecified atom stereocenters. The molecule has 0 amide bonds. The van der Waals surface area contributed by atoms with Crippen molar-refractivity contribution in [2.75, 3.05) is 28.4 Å². The quantitative estimate of drug-likeness (QED) is 0.399. The summed E-state index contributed by atoms with van der Waals surface area (Å²) in [5.41, 5.74) is -0.223. The molecule has 2 aliphatic carbocycles. The van der Waals surface area contributed by atoms with Gasteiger partial charge in [0.2, 0.25) is 0 Å². The molecular formula is C24H24O8. The van der Waals surface area contributed by atoms with Crippen LogP contribution in [0, 0.1) is 11.3 Å². The number of allylic oxidation sites excluding steroid dienone is 5. The van der Waals surface area contributed by atoms with E-state index in [0.29, 0.717) is 16.7 Å². The molecule has 0 fully saturated rings. The minimum atomic E-state index is -1.48. The highest BCUT2D eigenvalue weighted by atomic mass is 16.5. The largest absolute Gasteiger partial charge is 0.469 e. The maximum Gasteiger partial charge on any atom is 0.330 e. The lowest BCUT2D eigenvalue weighted by atomic mass is 9.50. The van der Waals surface area contributed by atoms with Crippen molar-refractivity contribution in [2.45, 2.75) is 11.8 Å². The minimum Gasteiger partial charge on any atom is -0.469 e. The fourth-order valence-corrected chi connectivity index (χ4v) is 4.76. The summed E-state index contributed by atoms with van der Waals surface area (Å²) in [5.74, 6) is -6.09. The average Bonchev–Trinajstić information content (AvgIpc) is 2.83. The van der Waals surface area contributed by atoms with Crippen LogP contribution in [0.5, 0.6) is 0 Å². The summed E-state index contributed by atoms with van der Waals surface area (Å²) in [6.07, 6.45) is 7.76. The Morgan fingerprint density at radius 2 is 1.44 bits per heavy atom. The number of carbonyl (C=O) groups excluding carboxylic acids is 4. The molecule has 0 heterocycles. The van der Waals surface area contributed by atoms with Gasteiger partial charge in [-0.3, -0.25) is 14.4 Å². The van der Waals surface area contributed by atoms with Crippen molar-refractivity contribution < 1.29 is 38.1 Å². The van der Waals surface area contributed by atoms with Gasteiger partial charge in [-0.15, -0.1) is 0 Å². The highest BCUT2D eigenvalue weighted by Gasteiger charge is 2.62. The van der Waals surface area contributed by atoms with Crippen molar-refractivity contribution in [1.82, 2.24) is 0 Å². The van der Waals surface area contributed by atoms with Gasteiger partial charge in [-0.25, -0.2) is 4.79 Å². The lowest BCUT2D eigenvalue weighted by molar-refractivity contribution is -0.161. The molecule has 1 aromatic carbocycles. The van der Waals surface area contributed by atoms with E-state index in [-0.39, 0.29) is 0 Å². The van der Waals surface area contributed by atoms with Gasteiger partial charge >= 0.3 is 23.9 Å². The van der Waals surface area contributed by atoms with Crippen LogP contribution in [0.3, 0.4) is 0 Å². The molecule has 0 aliphatic heterocycles. The van der Waals surface area contributed by atoms with Crippen LogP contribution in [0.2, 0.25) is 0 Å². The maximum absolute atomic E-state index is 13.3. The van der Waals surface area contributed by atoms with E-state index in [9.17, 15) is 19.2 Å². The highest BCUT2D eigenvalue weighted by Crippen LogP contribution is 2.60. The molecular weight excluding hydrogens is 416 g/mol. The van der Waals surface area contributed by atoms with Crippen LogP contribution >= 0.6 is 0 Å². The van der Waals surface area contributed by atoms with Crippen molar-refractivity contribution in [3.63, 3.8) is 0 Å². The van der Waals surface area contributed by atoms with E-state index in [1.807, 2.05) is 0 Å². The van der Waals surface area contributed by atoms with Crippen molar-refractivity contribution in [3.05, 3.63) is 71.3 Å². The summed E-state index contributed by atoms with van der Waals surface area (Å²) < 4.78 is 20.1. The first-order valence-electron chi connectivity index (χ1n) is 9.85. The number of hydrogen-bond donors (Lipinski definition) is 0. The molecule has 0 saturated carbocycles. The van der Waals surface area contributed by atoms with Crippen LogP contribution in [0.15, 0.2) is 60.2 Å². The second kappa shape index (κ2) is 9.21. The molecule has 32 heavy (non-hydrogen) atoms. The van der Waals surface area contributed by atoms with Gasteiger partial charge in [-0.05, 0) is 16.7 Å². The van der Waals surface area contributed by atoms with E-state index >= 15 is 0 Å². The summed E-state index contributed by atoms with van der Waals surface area (Å²) in [6.45, 7) is 0. The molecule has 1 spiro atoms. The smallest absolute Gasteiger partial charge is 0.330 e. The normalized spacial score (nSPS) is 26.9. The zero-order valence-corrected chi connectivity index (χ0v) is 18.2. The standard InChI is InChI=1S/C24H24O8/c1-29-17(25)13-14-9-7-8-12-24(14)19(22(27)31-3)16-11-6-5-10-15(16)18(21(26)30-2)20(24)23(28)32-4/h5-13,18-20H,1-4H3/b14-13+/t18-,19-,20+,24+/m0/s1. The van der Waals surface area contributed by atoms with Crippen molar-refractivity contribution in [1.29, 1.82) is 0 Å². The third kappa shape index (κ3) is 3.51. The molecule has 1 aromatic rings. The predicted molar refractivity (Wildman–Crippen MR) is 112 cm³/mol. The molecule has 2 aliphatic rings. The van der Waals surface area contributed by atoms with Gasteiger partial charge in [-0.2, -0.15) is 0 Å². The summed E-state index contributed by atoms with van der Waals surface area (Å²) >= 11 is 0. The average molecular weight is 440 g/mol.